The van der Waals surface area contributed by atoms with Gasteiger partial charge in [0, 0.05) is 12.8 Å². The van der Waals surface area contributed by atoms with Crippen LogP contribution >= 0.6 is 0 Å². The van der Waals surface area contributed by atoms with E-state index in [1.165, 1.54) is 117 Å². The summed E-state index contributed by atoms with van der Waals surface area (Å²) in [5.74, 6) is 4.29. The lowest BCUT2D eigenvalue weighted by Crippen LogP contribution is -2.07. The Balaban J connectivity index is 0.000000106. The Labute approximate surface area is 454 Å². The molecule has 0 radical (unpaired) electrons. The van der Waals surface area contributed by atoms with E-state index in [0.29, 0.717) is 0 Å². The Kier molecular flexibility index (Phi) is 21.1. The van der Waals surface area contributed by atoms with E-state index in [-0.39, 0.29) is 0 Å². The first-order valence-electron chi connectivity index (χ1n) is 28.4. The van der Waals surface area contributed by atoms with Gasteiger partial charge in [-0.1, -0.05) is 170 Å². The number of hydrogen-bond acceptors (Lipinski definition) is 5. The van der Waals surface area contributed by atoms with Gasteiger partial charge in [0.05, 0.1) is 39.6 Å². The van der Waals surface area contributed by atoms with E-state index >= 15 is 0 Å². The van der Waals surface area contributed by atoms with Crippen LogP contribution in [-0.2, 0) is 82.2 Å². The van der Waals surface area contributed by atoms with E-state index in [4.69, 9.17) is 23.7 Å². The highest BCUT2D eigenvalue weighted by Gasteiger charge is 2.13. The molecule has 16 rings (SSSR count). The summed E-state index contributed by atoms with van der Waals surface area (Å²) < 4.78 is 26.7. The van der Waals surface area contributed by atoms with Gasteiger partial charge in [-0.2, -0.15) is 0 Å². The summed E-state index contributed by atoms with van der Waals surface area (Å²) in [6.45, 7) is 5.10. The minimum atomic E-state index is 0.802. The molecule has 8 aromatic carbocycles. The second-order valence-electron chi connectivity index (χ2n) is 20.4. The molecule has 0 unspecified atom stereocenters. The Morgan fingerprint density at radius 3 is 0.697 bits per heavy atom. The molecule has 0 bridgehead atoms. The number of benzene rings is 8. The van der Waals surface area contributed by atoms with Crippen LogP contribution in [0.2, 0.25) is 0 Å². The van der Waals surface area contributed by atoms with Crippen LogP contribution in [0.3, 0.4) is 0 Å². The number of para-hydroxylation sites is 4. The third-order valence-electron chi connectivity index (χ3n) is 15.0. The lowest BCUT2D eigenvalue weighted by atomic mass is 9.92. The van der Waals surface area contributed by atoms with Crippen molar-refractivity contribution in [1.82, 2.24) is 0 Å². The zero-order chi connectivity index (χ0) is 51.7. The fraction of sp³-hybridized carbons (Fsp3) is 0.324. The molecule has 0 saturated heterocycles. The largest absolute Gasteiger partial charge is 0.493 e. The number of ether oxygens (including phenoxy) is 5. The van der Waals surface area contributed by atoms with Crippen molar-refractivity contribution >= 4 is 0 Å². The van der Waals surface area contributed by atoms with Crippen LogP contribution in [-0.4, -0.2) is 26.4 Å². The molecule has 0 fully saturated rings. The van der Waals surface area contributed by atoms with E-state index < -0.39 is 0 Å². The first-order chi connectivity index (χ1) is 37.7. The summed E-state index contributed by atoms with van der Waals surface area (Å²) in [4.78, 5) is 0. The predicted octanol–water partition coefficient (Wildman–Crippen LogP) is 16.3. The van der Waals surface area contributed by atoms with Gasteiger partial charge >= 0.3 is 0 Å². The highest BCUT2D eigenvalue weighted by Crippen LogP contribution is 2.27. The molecule has 0 spiro atoms. The molecule has 3 aliphatic carbocycles. The molecule has 5 nitrogen and oxygen atoms in total. The van der Waals surface area contributed by atoms with E-state index in [9.17, 15) is 0 Å². The van der Waals surface area contributed by atoms with Crippen molar-refractivity contribution in [2.45, 2.75) is 122 Å². The molecule has 8 aromatic rings. The zero-order valence-electron chi connectivity index (χ0n) is 44.8. The normalized spacial score (nSPS) is 15.6. The van der Waals surface area contributed by atoms with Crippen LogP contribution in [0.4, 0.5) is 0 Å². The maximum atomic E-state index is 5.42. The number of hydrogen-bond donors (Lipinski definition) is 0. The number of rotatable bonds is 0. The summed E-state index contributed by atoms with van der Waals surface area (Å²) in [6, 6.07) is 67.5. The Morgan fingerprint density at radius 1 is 0.184 bits per heavy atom. The average molecular weight is 1010 g/mol. The lowest BCUT2D eigenvalue weighted by molar-refractivity contribution is 0.134. The number of aryl methyl sites for hydroxylation is 8. The van der Waals surface area contributed by atoms with Crippen molar-refractivity contribution in [3.8, 4) is 23.0 Å². The van der Waals surface area contributed by atoms with Crippen molar-refractivity contribution in [3.63, 3.8) is 0 Å². The van der Waals surface area contributed by atoms with Gasteiger partial charge in [-0.25, -0.2) is 0 Å². The standard InChI is InChI=1S/2C10H12.2C9H10O.C9H10.3C8H8O/c2*1-2-6-10-8-4-3-7-9(10)5-1;2*1-2-6-9-8(4-1)5-3-7-10-9;1-2-5-9-7-3-6-8(9)4-1;1-2-4-8-6-9-5-7(8)3-1;2*1-2-4-8-7(3-1)5-6-9-8/h2*1-2,5-6H,3-4,7-8H2;2*1-2,4,6H,3,5,7H2;1-2,4-5H,3,6-7H2;3*1-4H,5-6H2. The summed E-state index contributed by atoms with van der Waals surface area (Å²) >= 11 is 0. The predicted molar refractivity (Wildman–Crippen MR) is 311 cm³/mol. The first-order valence-corrected chi connectivity index (χ1v) is 28.4. The van der Waals surface area contributed by atoms with Gasteiger partial charge in [-0.05, 0) is 187 Å². The van der Waals surface area contributed by atoms with Gasteiger partial charge in [0.2, 0.25) is 0 Å². The fourth-order valence-electron chi connectivity index (χ4n) is 10.8. The lowest BCUT2D eigenvalue weighted by Gasteiger charge is -2.15. The number of fused-ring (bicyclic) bond motifs is 8. The second-order valence-corrected chi connectivity index (χ2v) is 20.4. The van der Waals surface area contributed by atoms with Gasteiger partial charge in [-0.15, -0.1) is 0 Å². The molecule has 0 saturated carbocycles. The minimum Gasteiger partial charge on any atom is -0.493 e. The summed E-state index contributed by atoms with van der Waals surface area (Å²) in [5, 5.41) is 0. The van der Waals surface area contributed by atoms with Gasteiger partial charge in [0.1, 0.15) is 23.0 Å². The van der Waals surface area contributed by atoms with E-state index in [1.807, 2.05) is 72.8 Å². The maximum absolute atomic E-state index is 5.42. The summed E-state index contributed by atoms with van der Waals surface area (Å²) in [6.07, 6.45) is 21.6. The quantitative estimate of drug-likeness (QED) is 0.151. The zero-order valence-corrected chi connectivity index (χ0v) is 44.8. The van der Waals surface area contributed by atoms with Crippen molar-refractivity contribution in [1.29, 1.82) is 0 Å². The molecule has 8 aliphatic rings. The topological polar surface area (TPSA) is 46.2 Å². The minimum absolute atomic E-state index is 0.802. The highest BCUT2D eigenvalue weighted by molar-refractivity contribution is 5.38. The summed E-state index contributed by atoms with van der Waals surface area (Å²) in [5.41, 5.74) is 17.5. The SMILES string of the molecule is c1ccc2c(c1)CCC2.c1ccc2c(c1)CCCC2.c1ccc2c(c1)CCCC2.c1ccc2c(c1)CCCO2.c1ccc2c(c1)CCCO2.c1ccc2c(c1)CCO2.c1ccc2c(c1)CCO2.c1ccc2c(c1)COC2. The molecule has 0 aromatic heterocycles. The Morgan fingerprint density at radius 2 is 0.408 bits per heavy atom. The fourth-order valence-corrected chi connectivity index (χ4v) is 10.8. The highest BCUT2D eigenvalue weighted by atomic mass is 16.5. The molecule has 0 N–H and O–H groups in total. The van der Waals surface area contributed by atoms with E-state index in [0.717, 1.165) is 88.3 Å². The van der Waals surface area contributed by atoms with E-state index in [1.54, 1.807) is 33.4 Å². The monoisotopic (exact) mass is 1010 g/mol. The Hall–Kier alpha value is -7.08. The van der Waals surface area contributed by atoms with Crippen LogP contribution in [0.5, 0.6) is 23.0 Å². The molecular weight excluding hydrogens is 933 g/mol. The van der Waals surface area contributed by atoms with Crippen molar-refractivity contribution < 1.29 is 23.7 Å². The molecule has 0 atom stereocenters. The van der Waals surface area contributed by atoms with Crippen LogP contribution in [0.1, 0.15) is 112 Å². The third kappa shape index (κ3) is 16.5. The van der Waals surface area contributed by atoms with Crippen molar-refractivity contribution in [3.05, 3.63) is 261 Å². The van der Waals surface area contributed by atoms with Crippen molar-refractivity contribution in [2.75, 3.05) is 26.4 Å². The van der Waals surface area contributed by atoms with Gasteiger partial charge < -0.3 is 23.7 Å². The van der Waals surface area contributed by atoms with Crippen LogP contribution < -0.4 is 18.9 Å². The summed E-state index contributed by atoms with van der Waals surface area (Å²) in [7, 11) is 0. The molecule has 0 amide bonds. The Bertz CT molecular complexity index is 2400. The molecule has 5 heteroatoms. The maximum Gasteiger partial charge on any atom is 0.122 e. The first kappa shape index (κ1) is 53.7. The van der Waals surface area contributed by atoms with Crippen LogP contribution in [0, 0.1) is 0 Å². The molecule has 5 heterocycles. The molecule has 392 valence electrons. The van der Waals surface area contributed by atoms with Crippen LogP contribution in [0.15, 0.2) is 194 Å². The third-order valence-corrected chi connectivity index (χ3v) is 15.0. The molecular formula is C71H78O5. The van der Waals surface area contributed by atoms with Gasteiger partial charge in [0.25, 0.3) is 0 Å². The van der Waals surface area contributed by atoms with E-state index in [2.05, 4.69) is 121 Å². The molecule has 5 aliphatic heterocycles. The molecule has 76 heavy (non-hydrogen) atoms. The van der Waals surface area contributed by atoms with Gasteiger partial charge in [-0.3, -0.25) is 0 Å². The second kappa shape index (κ2) is 29.9. The average Bonchev–Trinajstić information content (AvgIpc) is 4.37. The van der Waals surface area contributed by atoms with Gasteiger partial charge in [0.15, 0.2) is 0 Å². The van der Waals surface area contributed by atoms with Crippen LogP contribution in [0.25, 0.3) is 0 Å². The smallest absolute Gasteiger partial charge is 0.122 e. The van der Waals surface area contributed by atoms with Crippen molar-refractivity contribution in [2.24, 2.45) is 0 Å².